The molecule has 0 rings (SSSR count). The highest BCUT2D eigenvalue weighted by atomic mass is 16.4. The Morgan fingerprint density at radius 1 is 1.27 bits per heavy atom. The third-order valence-corrected chi connectivity index (χ3v) is 1.31. The Morgan fingerprint density at radius 3 is 2.07 bits per heavy atom. The van der Waals surface area contributed by atoms with E-state index in [2.05, 4.69) is 6.58 Å². The number of aliphatic carboxylic acids is 1. The molecule has 0 atom stereocenters. The molecular formula is C10H18N2O3. The van der Waals surface area contributed by atoms with Crippen molar-refractivity contribution in [2.45, 2.75) is 25.7 Å². The highest BCUT2D eigenvalue weighted by molar-refractivity contribution is 5.73. The molecule has 0 heterocycles. The van der Waals surface area contributed by atoms with E-state index in [9.17, 15) is 9.59 Å². The van der Waals surface area contributed by atoms with Crippen LogP contribution in [0.1, 0.15) is 25.7 Å². The van der Waals surface area contributed by atoms with Crippen LogP contribution in [0.3, 0.4) is 0 Å². The number of nitrogens with two attached hydrogens (primary N) is 2. The van der Waals surface area contributed by atoms with Gasteiger partial charge in [-0.3, -0.25) is 9.59 Å². The molecule has 5 N–H and O–H groups in total. The lowest BCUT2D eigenvalue weighted by Crippen LogP contribution is -2.09. The highest BCUT2D eigenvalue weighted by Crippen LogP contribution is 1.98. The van der Waals surface area contributed by atoms with Crippen molar-refractivity contribution in [3.05, 3.63) is 24.9 Å². The highest BCUT2D eigenvalue weighted by Gasteiger charge is 1.97. The Kier molecular flexibility index (Phi) is 12.8. The fourth-order valence-corrected chi connectivity index (χ4v) is 0.654. The molecule has 0 aliphatic heterocycles. The number of hydrogen-bond donors (Lipinski definition) is 3. The average molecular weight is 214 g/mol. The minimum absolute atomic E-state index is 0.118. The molecule has 0 saturated heterocycles. The van der Waals surface area contributed by atoms with Crippen molar-refractivity contribution in [2.24, 2.45) is 11.5 Å². The summed E-state index contributed by atoms with van der Waals surface area (Å²) in [6.07, 6.45) is 6.23. The molecule has 86 valence electrons. The molecule has 0 radical (unpaired) electrons. The van der Waals surface area contributed by atoms with Gasteiger partial charge in [0.15, 0.2) is 0 Å². The lowest BCUT2D eigenvalue weighted by Gasteiger charge is -1.92. The molecule has 0 fully saturated rings. The Hall–Kier alpha value is -1.78. The van der Waals surface area contributed by atoms with Crippen LogP contribution in [-0.4, -0.2) is 17.0 Å². The minimum atomic E-state index is -0.829. The summed E-state index contributed by atoms with van der Waals surface area (Å²) < 4.78 is 0. The van der Waals surface area contributed by atoms with Crippen molar-refractivity contribution in [2.75, 3.05) is 0 Å². The number of unbranched alkanes of at least 4 members (excludes halogenated alkanes) is 1. The van der Waals surface area contributed by atoms with E-state index in [0.717, 1.165) is 0 Å². The summed E-state index contributed by atoms with van der Waals surface area (Å²) >= 11 is 0. The molecule has 0 aromatic heterocycles. The van der Waals surface area contributed by atoms with Crippen LogP contribution < -0.4 is 11.5 Å². The van der Waals surface area contributed by atoms with Crippen LogP contribution in [0.25, 0.3) is 0 Å². The standard InChI is InChI=1S/C6H11NO3.C4H7N/c7-5(8)3-1-2-4-6(9)10;1-2-3-4-5/h1-4H2,(H2,7,8)(H,9,10);2-4H,1,5H2. The lowest BCUT2D eigenvalue weighted by molar-refractivity contribution is -0.137. The van der Waals surface area contributed by atoms with Crippen LogP contribution >= 0.6 is 0 Å². The molecule has 0 saturated carbocycles. The second kappa shape index (κ2) is 12.2. The van der Waals surface area contributed by atoms with Crippen molar-refractivity contribution >= 4 is 11.9 Å². The summed E-state index contributed by atoms with van der Waals surface area (Å²) in [7, 11) is 0. The first-order valence-electron chi connectivity index (χ1n) is 4.54. The molecular weight excluding hydrogens is 196 g/mol. The van der Waals surface area contributed by atoms with E-state index in [4.69, 9.17) is 16.6 Å². The van der Waals surface area contributed by atoms with E-state index >= 15 is 0 Å². The SMILES string of the molecule is C=CC=CN.NC(=O)CCCCC(=O)O. The normalized spacial score (nSPS) is 9.07. The van der Waals surface area contributed by atoms with Gasteiger partial charge in [-0.25, -0.2) is 0 Å². The van der Waals surface area contributed by atoms with Crippen LogP contribution in [-0.2, 0) is 9.59 Å². The van der Waals surface area contributed by atoms with E-state index in [1.165, 1.54) is 6.20 Å². The second-order valence-corrected chi connectivity index (χ2v) is 2.69. The third kappa shape index (κ3) is 24.5. The number of hydrogen-bond acceptors (Lipinski definition) is 3. The number of primary amides is 1. The zero-order valence-electron chi connectivity index (χ0n) is 8.69. The van der Waals surface area contributed by atoms with Crippen LogP contribution in [0.5, 0.6) is 0 Å². The molecule has 0 aromatic rings. The van der Waals surface area contributed by atoms with E-state index in [1.807, 2.05) is 0 Å². The summed E-state index contributed by atoms with van der Waals surface area (Å²) in [5, 5.41) is 8.16. The van der Waals surface area contributed by atoms with Gasteiger partial charge in [-0.2, -0.15) is 0 Å². The van der Waals surface area contributed by atoms with Crippen LogP contribution in [0, 0.1) is 0 Å². The van der Waals surface area contributed by atoms with Gasteiger partial charge in [-0.05, 0) is 25.1 Å². The quantitative estimate of drug-likeness (QED) is 0.448. The van der Waals surface area contributed by atoms with E-state index in [0.29, 0.717) is 12.8 Å². The number of carboxylic acid groups (broad SMARTS) is 1. The molecule has 0 unspecified atom stereocenters. The van der Waals surface area contributed by atoms with Crippen molar-refractivity contribution in [3.8, 4) is 0 Å². The first kappa shape index (κ1) is 15.7. The number of carbonyl (C=O) groups excluding carboxylic acids is 1. The Bertz CT molecular complexity index is 209. The van der Waals surface area contributed by atoms with Crippen LogP contribution in [0.15, 0.2) is 24.9 Å². The predicted molar refractivity (Wildman–Crippen MR) is 58.8 cm³/mol. The Balaban J connectivity index is 0. The molecule has 0 aromatic carbocycles. The fraction of sp³-hybridized carbons (Fsp3) is 0.400. The van der Waals surface area contributed by atoms with E-state index in [-0.39, 0.29) is 18.7 Å². The molecule has 1 amide bonds. The maximum Gasteiger partial charge on any atom is 0.303 e. The van der Waals surface area contributed by atoms with Crippen molar-refractivity contribution in [1.82, 2.24) is 0 Å². The van der Waals surface area contributed by atoms with Gasteiger partial charge in [0.05, 0.1) is 0 Å². The van der Waals surface area contributed by atoms with Crippen molar-refractivity contribution < 1.29 is 14.7 Å². The topological polar surface area (TPSA) is 106 Å². The first-order chi connectivity index (χ1) is 7.04. The predicted octanol–water partition coefficient (Wildman–Crippen LogP) is 0.761. The lowest BCUT2D eigenvalue weighted by atomic mass is 10.2. The number of amides is 1. The smallest absolute Gasteiger partial charge is 0.303 e. The zero-order chi connectivity index (χ0) is 12.1. The monoisotopic (exact) mass is 214 g/mol. The molecule has 0 spiro atoms. The maximum absolute atomic E-state index is 10.1. The van der Waals surface area contributed by atoms with Crippen molar-refractivity contribution in [3.63, 3.8) is 0 Å². The van der Waals surface area contributed by atoms with Gasteiger partial charge in [0, 0.05) is 12.8 Å². The zero-order valence-corrected chi connectivity index (χ0v) is 8.69. The molecule has 0 bridgehead atoms. The summed E-state index contributed by atoms with van der Waals surface area (Å²) in [6, 6.07) is 0. The van der Waals surface area contributed by atoms with E-state index in [1.54, 1.807) is 12.2 Å². The number of carboxylic acids is 1. The van der Waals surface area contributed by atoms with Crippen molar-refractivity contribution in [1.29, 1.82) is 0 Å². The first-order valence-corrected chi connectivity index (χ1v) is 4.54. The van der Waals surface area contributed by atoms with Crippen LogP contribution in [0.2, 0.25) is 0 Å². The molecule has 0 aliphatic rings. The summed E-state index contributed by atoms with van der Waals surface area (Å²) in [5.41, 5.74) is 9.71. The molecule has 5 nitrogen and oxygen atoms in total. The summed E-state index contributed by atoms with van der Waals surface area (Å²) in [6.45, 7) is 3.38. The second-order valence-electron chi connectivity index (χ2n) is 2.69. The number of allylic oxidation sites excluding steroid dienone is 2. The molecule has 0 aliphatic carbocycles. The number of rotatable bonds is 6. The van der Waals surface area contributed by atoms with Gasteiger partial charge in [0.1, 0.15) is 0 Å². The van der Waals surface area contributed by atoms with Gasteiger partial charge in [-0.1, -0.05) is 12.7 Å². The van der Waals surface area contributed by atoms with Gasteiger partial charge in [0.2, 0.25) is 5.91 Å². The summed E-state index contributed by atoms with van der Waals surface area (Å²) in [5.74, 6) is -1.20. The van der Waals surface area contributed by atoms with Crippen LogP contribution in [0.4, 0.5) is 0 Å². The largest absolute Gasteiger partial charge is 0.481 e. The fourth-order valence-electron chi connectivity index (χ4n) is 0.654. The minimum Gasteiger partial charge on any atom is -0.481 e. The molecule has 5 heteroatoms. The van der Waals surface area contributed by atoms with Gasteiger partial charge in [0.25, 0.3) is 0 Å². The Morgan fingerprint density at radius 2 is 1.80 bits per heavy atom. The van der Waals surface area contributed by atoms with Gasteiger partial charge < -0.3 is 16.6 Å². The maximum atomic E-state index is 10.1. The van der Waals surface area contributed by atoms with Gasteiger partial charge in [-0.15, -0.1) is 0 Å². The van der Waals surface area contributed by atoms with E-state index < -0.39 is 5.97 Å². The molecule has 15 heavy (non-hydrogen) atoms. The Labute approximate surface area is 89.4 Å². The third-order valence-electron chi connectivity index (χ3n) is 1.31. The number of carbonyl (C=O) groups is 2. The summed E-state index contributed by atoms with van der Waals surface area (Å²) in [4.78, 5) is 20.0. The van der Waals surface area contributed by atoms with Gasteiger partial charge >= 0.3 is 5.97 Å². The average Bonchev–Trinajstić information content (AvgIpc) is 2.14.